The van der Waals surface area contributed by atoms with E-state index in [2.05, 4.69) is 0 Å². The van der Waals surface area contributed by atoms with Crippen LogP contribution in [0.4, 0.5) is 0 Å². The summed E-state index contributed by atoms with van der Waals surface area (Å²) in [6.07, 6.45) is 1.38. The number of carbonyl (C=O) groups is 1. The number of carboxylic acid groups (broad SMARTS) is 1. The summed E-state index contributed by atoms with van der Waals surface area (Å²) in [4.78, 5) is 11.2. The minimum atomic E-state index is -1.07. The molecule has 1 aromatic rings. The summed E-state index contributed by atoms with van der Waals surface area (Å²) in [7, 11) is 0. The molecule has 1 rings (SSSR count). The molecule has 0 saturated heterocycles. The first-order valence-corrected chi connectivity index (χ1v) is 6.75. The van der Waals surface area contributed by atoms with Crippen molar-refractivity contribution in [3.63, 3.8) is 0 Å². The Labute approximate surface area is 119 Å². The zero-order valence-electron chi connectivity index (χ0n) is 12.2. The van der Waals surface area contributed by atoms with Crippen LogP contribution in [0.3, 0.4) is 0 Å². The fourth-order valence-corrected chi connectivity index (χ4v) is 1.44. The molecule has 0 fully saturated rings. The summed E-state index contributed by atoms with van der Waals surface area (Å²) in [6.45, 7) is 6.05. The van der Waals surface area contributed by atoms with Gasteiger partial charge in [0, 0.05) is 6.07 Å². The van der Waals surface area contributed by atoms with Crippen LogP contribution in [0, 0.1) is 0 Å². The fourth-order valence-electron chi connectivity index (χ4n) is 1.44. The molecule has 0 radical (unpaired) electrons. The normalized spacial score (nSPS) is 13.6. The highest BCUT2D eigenvalue weighted by Gasteiger charge is 2.21. The van der Waals surface area contributed by atoms with E-state index in [1.807, 2.05) is 13.8 Å². The van der Waals surface area contributed by atoms with Crippen LogP contribution in [0.15, 0.2) is 18.2 Å². The van der Waals surface area contributed by atoms with Gasteiger partial charge in [-0.3, -0.25) is 0 Å². The Bertz CT molecular complexity index is 454. The largest absolute Gasteiger partial charge is 0.493 e. The first kappa shape index (κ1) is 16.3. The summed E-state index contributed by atoms with van der Waals surface area (Å²) in [5.74, 6) is -0.305. The molecule has 0 amide bonds. The van der Waals surface area contributed by atoms with Gasteiger partial charge in [-0.1, -0.05) is 13.8 Å². The van der Waals surface area contributed by atoms with Crippen molar-refractivity contribution in [3.05, 3.63) is 23.8 Å². The Morgan fingerprint density at radius 2 is 2.00 bits per heavy atom. The van der Waals surface area contributed by atoms with Gasteiger partial charge in [-0.05, 0) is 31.9 Å². The first-order valence-electron chi connectivity index (χ1n) is 6.75. The van der Waals surface area contributed by atoms with Gasteiger partial charge in [0.05, 0.1) is 12.2 Å². The lowest BCUT2D eigenvalue weighted by Gasteiger charge is -2.22. The van der Waals surface area contributed by atoms with Gasteiger partial charge < -0.3 is 19.7 Å². The maximum absolute atomic E-state index is 11.2. The molecule has 20 heavy (non-hydrogen) atoms. The zero-order valence-corrected chi connectivity index (χ0v) is 12.2. The van der Waals surface area contributed by atoms with E-state index in [0.29, 0.717) is 18.8 Å². The van der Waals surface area contributed by atoms with Gasteiger partial charge in [-0.2, -0.15) is 0 Å². The monoisotopic (exact) mass is 282 g/mol. The highest BCUT2D eigenvalue weighted by Crippen LogP contribution is 2.26. The highest BCUT2D eigenvalue weighted by atomic mass is 16.5. The van der Waals surface area contributed by atoms with Crippen LogP contribution in [0.5, 0.6) is 11.5 Å². The van der Waals surface area contributed by atoms with E-state index in [0.717, 1.165) is 6.42 Å². The van der Waals surface area contributed by atoms with E-state index < -0.39 is 11.6 Å². The third-order valence-electron chi connectivity index (χ3n) is 2.96. The number of benzene rings is 1. The molecule has 0 aliphatic heterocycles. The molecular formula is C15H22O5. The molecule has 5 nitrogen and oxygen atoms in total. The Morgan fingerprint density at radius 1 is 1.30 bits per heavy atom. The number of carboxylic acids is 1. The Hall–Kier alpha value is -1.75. The quantitative estimate of drug-likeness (QED) is 0.766. The predicted octanol–water partition coefficient (Wildman–Crippen LogP) is 2.71. The maximum Gasteiger partial charge on any atom is 0.339 e. The molecule has 1 unspecified atom stereocenters. The molecule has 5 heteroatoms. The molecule has 2 N–H and O–H groups in total. The summed E-state index contributed by atoms with van der Waals surface area (Å²) in [5, 5.41) is 19.1. The standard InChI is InChI=1S/C15H22O5/c1-4-8-19-11-6-7-12(14(16)17)13(9-11)20-10-15(3,18)5-2/h6-7,9,18H,4-5,8,10H2,1-3H3,(H,16,17). The second-order valence-electron chi connectivity index (χ2n) is 4.95. The Kier molecular flexibility index (Phi) is 5.82. The molecule has 0 heterocycles. The molecule has 0 aromatic heterocycles. The lowest BCUT2D eigenvalue weighted by atomic mass is 10.1. The van der Waals surface area contributed by atoms with Gasteiger partial charge >= 0.3 is 5.97 Å². The van der Waals surface area contributed by atoms with Crippen LogP contribution >= 0.6 is 0 Å². The SMILES string of the molecule is CCCOc1ccc(C(=O)O)c(OCC(C)(O)CC)c1. The van der Waals surface area contributed by atoms with Gasteiger partial charge in [-0.25, -0.2) is 4.79 Å². The molecule has 1 atom stereocenters. The van der Waals surface area contributed by atoms with Crippen molar-refractivity contribution >= 4 is 5.97 Å². The lowest BCUT2D eigenvalue weighted by Crippen LogP contribution is -2.31. The van der Waals surface area contributed by atoms with E-state index in [-0.39, 0.29) is 17.9 Å². The van der Waals surface area contributed by atoms with Gasteiger partial charge in [0.25, 0.3) is 0 Å². The number of rotatable bonds is 8. The van der Waals surface area contributed by atoms with Crippen molar-refractivity contribution < 1.29 is 24.5 Å². The summed E-state index contributed by atoms with van der Waals surface area (Å²) >= 11 is 0. The van der Waals surface area contributed by atoms with Gasteiger partial charge in [0.1, 0.15) is 23.7 Å². The first-order chi connectivity index (χ1) is 9.39. The average Bonchev–Trinajstić information content (AvgIpc) is 2.42. The zero-order chi connectivity index (χ0) is 15.2. The predicted molar refractivity (Wildman–Crippen MR) is 75.6 cm³/mol. The van der Waals surface area contributed by atoms with Crippen LogP contribution in [0.2, 0.25) is 0 Å². The third-order valence-corrected chi connectivity index (χ3v) is 2.96. The fraction of sp³-hybridized carbons (Fsp3) is 0.533. The Morgan fingerprint density at radius 3 is 2.55 bits per heavy atom. The summed E-state index contributed by atoms with van der Waals surface area (Å²) in [6, 6.07) is 4.60. The second kappa shape index (κ2) is 7.14. The molecule has 0 aliphatic rings. The topological polar surface area (TPSA) is 76.0 Å². The van der Waals surface area contributed by atoms with E-state index in [1.54, 1.807) is 19.1 Å². The van der Waals surface area contributed by atoms with Crippen LogP contribution in [0.1, 0.15) is 44.0 Å². The number of ether oxygens (including phenoxy) is 2. The van der Waals surface area contributed by atoms with Gasteiger partial charge in [0.15, 0.2) is 0 Å². The molecule has 0 spiro atoms. The average molecular weight is 282 g/mol. The van der Waals surface area contributed by atoms with Crippen molar-refractivity contribution in [2.24, 2.45) is 0 Å². The molecule has 1 aromatic carbocycles. The molecular weight excluding hydrogens is 260 g/mol. The van der Waals surface area contributed by atoms with Crippen molar-refractivity contribution in [2.75, 3.05) is 13.2 Å². The number of hydrogen-bond donors (Lipinski definition) is 2. The number of hydrogen-bond acceptors (Lipinski definition) is 4. The summed E-state index contributed by atoms with van der Waals surface area (Å²) in [5.41, 5.74) is -0.934. The van der Waals surface area contributed by atoms with Crippen LogP contribution in [0.25, 0.3) is 0 Å². The van der Waals surface area contributed by atoms with Gasteiger partial charge in [-0.15, -0.1) is 0 Å². The highest BCUT2D eigenvalue weighted by molar-refractivity contribution is 5.91. The third kappa shape index (κ3) is 4.74. The number of aromatic carboxylic acids is 1. The van der Waals surface area contributed by atoms with E-state index in [4.69, 9.17) is 14.6 Å². The second-order valence-corrected chi connectivity index (χ2v) is 4.95. The van der Waals surface area contributed by atoms with Crippen molar-refractivity contribution in [3.8, 4) is 11.5 Å². The van der Waals surface area contributed by atoms with Crippen LogP contribution < -0.4 is 9.47 Å². The molecule has 0 bridgehead atoms. The maximum atomic E-state index is 11.2. The minimum Gasteiger partial charge on any atom is -0.493 e. The van der Waals surface area contributed by atoms with Crippen LogP contribution in [-0.2, 0) is 0 Å². The van der Waals surface area contributed by atoms with E-state index >= 15 is 0 Å². The molecule has 0 saturated carbocycles. The van der Waals surface area contributed by atoms with Crippen molar-refractivity contribution in [2.45, 2.75) is 39.2 Å². The van der Waals surface area contributed by atoms with E-state index in [9.17, 15) is 9.90 Å². The van der Waals surface area contributed by atoms with Crippen molar-refractivity contribution in [1.82, 2.24) is 0 Å². The van der Waals surface area contributed by atoms with Crippen molar-refractivity contribution in [1.29, 1.82) is 0 Å². The van der Waals surface area contributed by atoms with Crippen LogP contribution in [-0.4, -0.2) is 35.0 Å². The molecule has 0 aliphatic carbocycles. The molecule has 112 valence electrons. The lowest BCUT2D eigenvalue weighted by molar-refractivity contribution is 0.00781. The number of aliphatic hydroxyl groups is 1. The van der Waals surface area contributed by atoms with E-state index in [1.165, 1.54) is 6.07 Å². The van der Waals surface area contributed by atoms with Gasteiger partial charge in [0.2, 0.25) is 0 Å². The summed E-state index contributed by atoms with van der Waals surface area (Å²) < 4.78 is 10.9. The Balaban J connectivity index is 2.91. The smallest absolute Gasteiger partial charge is 0.339 e. The minimum absolute atomic E-state index is 0.0288.